The summed E-state index contributed by atoms with van der Waals surface area (Å²) in [6.07, 6.45) is 0. The first-order valence-corrected chi connectivity index (χ1v) is 7.35. The molecule has 3 aromatic rings. The molecular weight excluding hydrogens is 330 g/mol. The molecule has 3 rings (SSSR count). The number of aromatic nitrogens is 4. The Balaban J connectivity index is 2.05. The fourth-order valence-corrected chi connectivity index (χ4v) is 2.47. The highest BCUT2D eigenvalue weighted by Crippen LogP contribution is 2.24. The van der Waals surface area contributed by atoms with Crippen LogP contribution in [0.25, 0.3) is 17.1 Å². The summed E-state index contributed by atoms with van der Waals surface area (Å²) in [6, 6.07) is 15.5. The Morgan fingerprint density at radius 1 is 1.14 bits per heavy atom. The van der Waals surface area contributed by atoms with Crippen molar-refractivity contribution >= 4 is 15.9 Å². The van der Waals surface area contributed by atoms with Gasteiger partial charge in [0.25, 0.3) is 0 Å². The van der Waals surface area contributed by atoms with Crippen molar-refractivity contribution in [1.82, 2.24) is 20.2 Å². The Morgan fingerprint density at radius 3 is 2.62 bits per heavy atom. The molecule has 0 bridgehead atoms. The molecule has 0 amide bonds. The third-order valence-electron chi connectivity index (χ3n) is 3.14. The van der Waals surface area contributed by atoms with Gasteiger partial charge >= 0.3 is 0 Å². The molecule has 0 saturated heterocycles. The number of nitrogens with zero attached hydrogens (tertiary/aromatic N) is 4. The van der Waals surface area contributed by atoms with Gasteiger partial charge in [-0.15, -0.1) is 15.0 Å². The molecular formula is C15H14BrN5. The lowest BCUT2D eigenvalue weighted by molar-refractivity contribution is 0.695. The van der Waals surface area contributed by atoms with E-state index in [1.165, 1.54) is 4.80 Å². The second-order valence-electron chi connectivity index (χ2n) is 4.76. The Labute approximate surface area is 130 Å². The van der Waals surface area contributed by atoms with Crippen LogP contribution in [-0.2, 0) is 0 Å². The molecule has 0 radical (unpaired) electrons. The molecule has 0 fully saturated rings. The van der Waals surface area contributed by atoms with Crippen molar-refractivity contribution in [2.24, 2.45) is 5.73 Å². The van der Waals surface area contributed by atoms with E-state index < -0.39 is 0 Å². The minimum Gasteiger partial charge on any atom is -0.324 e. The van der Waals surface area contributed by atoms with Gasteiger partial charge in [-0.2, -0.15) is 0 Å². The second kappa shape index (κ2) is 5.75. The van der Waals surface area contributed by atoms with E-state index in [-0.39, 0.29) is 6.04 Å². The highest BCUT2D eigenvalue weighted by molar-refractivity contribution is 9.10. The Kier molecular flexibility index (Phi) is 3.81. The van der Waals surface area contributed by atoms with Crippen LogP contribution in [0.4, 0.5) is 0 Å². The molecule has 1 atom stereocenters. The number of hydrogen-bond donors (Lipinski definition) is 1. The van der Waals surface area contributed by atoms with E-state index in [9.17, 15) is 0 Å². The average molecular weight is 344 g/mol. The van der Waals surface area contributed by atoms with Gasteiger partial charge in [-0.1, -0.05) is 46.3 Å². The van der Waals surface area contributed by atoms with Gasteiger partial charge in [-0.05, 0) is 35.9 Å². The van der Waals surface area contributed by atoms with E-state index in [4.69, 9.17) is 5.73 Å². The predicted octanol–water partition coefficient (Wildman–Crippen LogP) is 3.11. The van der Waals surface area contributed by atoms with Crippen molar-refractivity contribution in [1.29, 1.82) is 0 Å². The molecule has 2 aromatic carbocycles. The number of halogens is 1. The second-order valence-corrected chi connectivity index (χ2v) is 5.68. The maximum atomic E-state index is 6.03. The molecule has 0 saturated carbocycles. The van der Waals surface area contributed by atoms with Gasteiger partial charge in [0.05, 0.1) is 5.69 Å². The Hall–Kier alpha value is -2.05. The summed E-state index contributed by atoms with van der Waals surface area (Å²) in [5, 5.41) is 12.7. The fraction of sp³-hybridized carbons (Fsp3) is 0.133. The third-order valence-corrected chi connectivity index (χ3v) is 3.63. The van der Waals surface area contributed by atoms with Crippen LogP contribution in [0.1, 0.15) is 18.5 Å². The molecule has 6 heteroatoms. The molecule has 1 aromatic heterocycles. The Bertz CT molecular complexity index is 752. The first-order valence-electron chi connectivity index (χ1n) is 6.56. The topological polar surface area (TPSA) is 69.6 Å². The summed E-state index contributed by atoms with van der Waals surface area (Å²) in [6.45, 7) is 1.93. The van der Waals surface area contributed by atoms with E-state index in [2.05, 4.69) is 31.3 Å². The Morgan fingerprint density at radius 2 is 1.90 bits per heavy atom. The smallest absolute Gasteiger partial charge is 0.205 e. The summed E-state index contributed by atoms with van der Waals surface area (Å²) >= 11 is 3.46. The van der Waals surface area contributed by atoms with Crippen LogP contribution in [-0.4, -0.2) is 20.2 Å². The van der Waals surface area contributed by atoms with Crippen LogP contribution < -0.4 is 5.73 Å². The zero-order valence-corrected chi connectivity index (χ0v) is 13.0. The van der Waals surface area contributed by atoms with Crippen LogP contribution in [0, 0.1) is 0 Å². The van der Waals surface area contributed by atoms with Crippen LogP contribution >= 0.6 is 15.9 Å². The van der Waals surface area contributed by atoms with E-state index in [1.54, 1.807) is 0 Å². The largest absolute Gasteiger partial charge is 0.324 e. The summed E-state index contributed by atoms with van der Waals surface area (Å²) < 4.78 is 0.974. The standard InChI is InChI=1S/C15H14BrN5/c1-10(17)13-9-12(16)7-8-14(13)21-19-15(18-20-21)11-5-3-2-4-6-11/h2-10H,17H2,1H3. The monoisotopic (exact) mass is 343 g/mol. The lowest BCUT2D eigenvalue weighted by atomic mass is 10.1. The lowest BCUT2D eigenvalue weighted by Crippen LogP contribution is -2.11. The molecule has 0 aliphatic rings. The molecule has 1 heterocycles. The van der Waals surface area contributed by atoms with E-state index in [0.717, 1.165) is 21.3 Å². The fourth-order valence-electron chi connectivity index (χ4n) is 2.09. The van der Waals surface area contributed by atoms with E-state index in [0.29, 0.717) is 5.82 Å². The van der Waals surface area contributed by atoms with E-state index >= 15 is 0 Å². The van der Waals surface area contributed by atoms with Crippen molar-refractivity contribution in [3.05, 3.63) is 58.6 Å². The van der Waals surface area contributed by atoms with Crippen molar-refractivity contribution in [2.45, 2.75) is 13.0 Å². The lowest BCUT2D eigenvalue weighted by Gasteiger charge is -2.11. The molecule has 2 N–H and O–H groups in total. The van der Waals surface area contributed by atoms with Crippen molar-refractivity contribution in [3.8, 4) is 17.1 Å². The van der Waals surface area contributed by atoms with Gasteiger partial charge in [0.1, 0.15) is 0 Å². The summed E-state index contributed by atoms with van der Waals surface area (Å²) in [5.41, 5.74) is 8.76. The maximum Gasteiger partial charge on any atom is 0.205 e. The number of tetrazole rings is 1. The first-order chi connectivity index (χ1) is 10.1. The third kappa shape index (κ3) is 2.86. The number of benzene rings is 2. The quantitative estimate of drug-likeness (QED) is 0.793. The van der Waals surface area contributed by atoms with Crippen molar-refractivity contribution in [3.63, 3.8) is 0 Å². The minimum absolute atomic E-state index is 0.122. The highest BCUT2D eigenvalue weighted by atomic mass is 79.9. The molecule has 1 unspecified atom stereocenters. The zero-order valence-electron chi connectivity index (χ0n) is 11.4. The molecule has 0 aliphatic heterocycles. The number of nitrogens with two attached hydrogens (primary N) is 1. The normalized spacial score (nSPS) is 12.3. The molecule has 106 valence electrons. The van der Waals surface area contributed by atoms with Gasteiger partial charge in [-0.3, -0.25) is 0 Å². The highest BCUT2D eigenvalue weighted by Gasteiger charge is 2.13. The van der Waals surface area contributed by atoms with E-state index in [1.807, 2.05) is 55.5 Å². The zero-order chi connectivity index (χ0) is 14.8. The van der Waals surface area contributed by atoms with Crippen molar-refractivity contribution in [2.75, 3.05) is 0 Å². The maximum absolute atomic E-state index is 6.03. The summed E-state index contributed by atoms with van der Waals surface area (Å²) in [4.78, 5) is 1.52. The molecule has 0 spiro atoms. The number of rotatable bonds is 3. The molecule has 0 aliphatic carbocycles. The van der Waals surface area contributed by atoms with Gasteiger partial charge in [0, 0.05) is 16.1 Å². The number of hydrogen-bond acceptors (Lipinski definition) is 4. The summed E-state index contributed by atoms with van der Waals surface area (Å²) in [5.74, 6) is 0.592. The van der Waals surface area contributed by atoms with Gasteiger partial charge in [-0.25, -0.2) is 0 Å². The first kappa shape index (κ1) is 13.9. The summed E-state index contributed by atoms with van der Waals surface area (Å²) in [7, 11) is 0. The van der Waals surface area contributed by atoms with Gasteiger partial charge in [0.2, 0.25) is 5.82 Å². The van der Waals surface area contributed by atoms with Gasteiger partial charge < -0.3 is 5.73 Å². The SMILES string of the molecule is CC(N)c1cc(Br)ccc1-n1nnc(-c2ccccc2)n1. The molecule has 5 nitrogen and oxygen atoms in total. The van der Waals surface area contributed by atoms with Gasteiger partial charge in [0.15, 0.2) is 0 Å². The predicted molar refractivity (Wildman–Crippen MR) is 84.9 cm³/mol. The van der Waals surface area contributed by atoms with Crippen LogP contribution in [0.2, 0.25) is 0 Å². The average Bonchev–Trinajstić information content (AvgIpc) is 2.97. The van der Waals surface area contributed by atoms with Crippen LogP contribution in [0.3, 0.4) is 0 Å². The van der Waals surface area contributed by atoms with Crippen LogP contribution in [0.5, 0.6) is 0 Å². The van der Waals surface area contributed by atoms with Crippen LogP contribution in [0.15, 0.2) is 53.0 Å². The van der Waals surface area contributed by atoms with Crippen molar-refractivity contribution < 1.29 is 0 Å². The minimum atomic E-state index is -0.122. The molecule has 21 heavy (non-hydrogen) atoms.